The molecule has 0 amide bonds. The van der Waals surface area contributed by atoms with Gasteiger partial charge in [0, 0.05) is 16.7 Å². The van der Waals surface area contributed by atoms with E-state index in [2.05, 4.69) is 0 Å². The molecule has 0 heterocycles. The van der Waals surface area contributed by atoms with Crippen molar-refractivity contribution >= 4 is 52.0 Å². The molecular weight excluding hydrogens is 906 g/mol. The third-order valence-corrected chi connectivity index (χ3v) is 6.81. The number of benzene rings is 3. The normalized spacial score (nSPS) is 12.7. The molecule has 3 aromatic rings. The van der Waals surface area contributed by atoms with Crippen LogP contribution in [0.2, 0.25) is 0 Å². The van der Waals surface area contributed by atoms with Gasteiger partial charge in [0.2, 0.25) is 0 Å². The van der Waals surface area contributed by atoms with E-state index in [9.17, 15) is 82.7 Å². The van der Waals surface area contributed by atoms with Gasteiger partial charge in [-0.05, 0) is 20.8 Å². The minimum absolute atomic E-state index is 0. The molecule has 0 aliphatic carbocycles. The van der Waals surface area contributed by atoms with E-state index in [1.807, 2.05) is 0 Å². The largest absolute Gasteiger partial charge is 3.00 e. The van der Waals surface area contributed by atoms with Crippen LogP contribution < -0.4 is 0 Å². The number of carbonyl (C=O) groups excluding carboxylic acids is 9. The van der Waals surface area contributed by atoms with Crippen molar-refractivity contribution in [3.8, 4) is 0 Å². The van der Waals surface area contributed by atoms with Crippen LogP contribution in [-0.4, -0.2) is 70.6 Å². The van der Waals surface area contributed by atoms with Crippen LogP contribution in [0.5, 0.6) is 0 Å². The van der Waals surface area contributed by atoms with Crippen LogP contribution in [0.1, 0.15) is 51.8 Å². The molecule has 0 spiro atoms. The smallest absolute Gasteiger partial charge is 0.299 e. The van der Waals surface area contributed by atoms with Crippen molar-refractivity contribution in [2.45, 2.75) is 39.3 Å². The Balaban J connectivity index is 0.000000788. The molecule has 0 N–H and O–H groups in total. The first kappa shape index (κ1) is 50.3. The molecule has 0 saturated heterocycles. The fourth-order valence-electron chi connectivity index (χ4n) is 4.26. The van der Waals surface area contributed by atoms with Crippen molar-refractivity contribution in [2.24, 2.45) is 17.8 Å². The van der Waals surface area contributed by atoms with Gasteiger partial charge in [-0.2, -0.15) is 39.5 Å². The minimum Gasteiger partial charge on any atom is -0.299 e. The summed E-state index contributed by atoms with van der Waals surface area (Å²) in [6.07, 6.45) is -15.6. The molecule has 0 fully saturated rings. The second-order valence-electron chi connectivity index (χ2n) is 10.9. The predicted octanol–water partition coefficient (Wildman–Crippen LogP) is 6.62. The van der Waals surface area contributed by atoms with Crippen molar-refractivity contribution in [3.63, 3.8) is 0 Å². The fraction of sp³-hybridized carbons (Fsp3) is 0.250. The maximum absolute atomic E-state index is 12.3. The second kappa shape index (κ2) is 21.4. The number of carbonyl (C=O) groups is 9. The number of Topliss-reactive ketones (excluding diaryl/α,β-unsaturated/α-hetero) is 9. The summed E-state index contributed by atoms with van der Waals surface area (Å²) in [6.45, 7) is 2.36. The SMILES string of the molecule is CC(=O)C(C(=O)c1ccccc1)C(=O)C(F)(F)F.CC(=O)C(C(=O)c1ccccc1)C(=O)C(F)(F)F.CC(=O)C(C(=O)c1ccccc1)C(=O)C(F)(F)F.[Tb+3]. The molecular formula is C36H27F9O9Tb+3. The quantitative estimate of drug-likeness (QED) is 0.111. The molecule has 0 radical (unpaired) electrons. The number of alkyl halides is 9. The van der Waals surface area contributed by atoms with Crippen molar-refractivity contribution in [3.05, 3.63) is 108 Å². The van der Waals surface area contributed by atoms with Gasteiger partial charge in [0.25, 0.3) is 17.3 Å². The summed E-state index contributed by atoms with van der Waals surface area (Å²) < 4.78 is 111. The molecule has 3 rings (SSSR count). The van der Waals surface area contributed by atoms with Crippen LogP contribution in [0.4, 0.5) is 39.5 Å². The predicted molar refractivity (Wildman–Crippen MR) is 168 cm³/mol. The fourth-order valence-corrected chi connectivity index (χ4v) is 4.26. The van der Waals surface area contributed by atoms with E-state index in [0.29, 0.717) is 0 Å². The Hall–Kier alpha value is -4.65. The summed E-state index contributed by atoms with van der Waals surface area (Å²) >= 11 is 0. The van der Waals surface area contributed by atoms with E-state index in [-0.39, 0.29) is 55.3 Å². The molecule has 0 saturated carbocycles. The van der Waals surface area contributed by atoms with Gasteiger partial charge >= 0.3 is 57.1 Å². The Bertz CT molecular complexity index is 1660. The van der Waals surface area contributed by atoms with Crippen LogP contribution in [0.15, 0.2) is 91.0 Å². The summed E-state index contributed by atoms with van der Waals surface area (Å²) in [5, 5.41) is 0. The second-order valence-corrected chi connectivity index (χ2v) is 10.9. The monoisotopic (exact) mass is 933 g/mol. The molecule has 9 nitrogen and oxygen atoms in total. The van der Waals surface area contributed by atoms with Gasteiger partial charge in [-0.25, -0.2) is 0 Å². The topological polar surface area (TPSA) is 154 Å². The number of halogens is 9. The summed E-state index contributed by atoms with van der Waals surface area (Å²) in [6, 6.07) is 20.8. The van der Waals surface area contributed by atoms with Gasteiger partial charge in [0.1, 0.15) is 35.1 Å². The molecule has 0 bridgehead atoms. The summed E-state index contributed by atoms with van der Waals surface area (Å²) in [5.74, 6) is -20.7. The third-order valence-electron chi connectivity index (χ3n) is 6.81. The molecule has 3 atom stereocenters. The van der Waals surface area contributed by atoms with Crippen molar-refractivity contribution in [1.29, 1.82) is 0 Å². The van der Waals surface area contributed by atoms with Crippen molar-refractivity contribution in [2.75, 3.05) is 0 Å². The number of hydrogen-bond donors (Lipinski definition) is 0. The molecule has 3 unspecified atom stereocenters. The Morgan fingerprint density at radius 1 is 0.364 bits per heavy atom. The first-order valence-electron chi connectivity index (χ1n) is 14.9. The molecule has 0 aromatic heterocycles. The van der Waals surface area contributed by atoms with Gasteiger partial charge < -0.3 is 0 Å². The standard InChI is InChI=1S/3C12H9F3O3.Tb/c3*1-7(16)9(11(18)12(13,14)15)10(17)8-5-3-2-4-6-8;/h3*2-6,9H,1H3;/q;;;+3. The van der Waals surface area contributed by atoms with Gasteiger partial charge in [-0.15, -0.1) is 0 Å². The summed E-state index contributed by atoms with van der Waals surface area (Å²) in [5.41, 5.74) is -0.305. The average molecular weight is 934 g/mol. The van der Waals surface area contributed by atoms with Crippen LogP contribution >= 0.6 is 0 Å². The van der Waals surface area contributed by atoms with Gasteiger partial charge in [-0.3, -0.25) is 43.2 Å². The van der Waals surface area contributed by atoms with Gasteiger partial charge in [0.15, 0.2) is 17.3 Å². The van der Waals surface area contributed by atoms with E-state index >= 15 is 0 Å². The van der Waals surface area contributed by atoms with Crippen LogP contribution in [0.3, 0.4) is 0 Å². The maximum Gasteiger partial charge on any atom is 3.00 e. The van der Waals surface area contributed by atoms with Gasteiger partial charge in [0.05, 0.1) is 0 Å². The molecule has 0 aliphatic rings. The Labute approximate surface area is 336 Å². The third kappa shape index (κ3) is 15.2. The van der Waals surface area contributed by atoms with Gasteiger partial charge in [-0.1, -0.05) is 91.0 Å². The van der Waals surface area contributed by atoms with E-state index in [1.54, 1.807) is 18.2 Å². The summed E-state index contributed by atoms with van der Waals surface area (Å²) in [4.78, 5) is 102. The zero-order valence-electron chi connectivity index (χ0n) is 28.3. The molecule has 3 aromatic carbocycles. The zero-order valence-corrected chi connectivity index (χ0v) is 30.4. The van der Waals surface area contributed by atoms with Crippen molar-refractivity contribution in [1.82, 2.24) is 0 Å². The maximum atomic E-state index is 12.3. The zero-order chi connectivity index (χ0) is 41.8. The Morgan fingerprint density at radius 2 is 0.527 bits per heavy atom. The average Bonchev–Trinajstić information content (AvgIpc) is 3.08. The van der Waals surface area contributed by atoms with Crippen LogP contribution in [0, 0.1) is 56.4 Å². The van der Waals surface area contributed by atoms with E-state index in [0.717, 1.165) is 20.8 Å². The van der Waals surface area contributed by atoms with E-state index in [4.69, 9.17) is 0 Å². The first-order valence-corrected chi connectivity index (χ1v) is 14.9. The van der Waals surface area contributed by atoms with E-state index < -0.39 is 88.3 Å². The molecule has 294 valence electrons. The summed E-state index contributed by atoms with van der Waals surface area (Å²) in [7, 11) is 0. The number of ketones is 9. The van der Waals surface area contributed by atoms with Crippen molar-refractivity contribution < 1.29 is 121 Å². The minimum atomic E-state index is -5.21. The molecule has 55 heavy (non-hydrogen) atoms. The number of hydrogen-bond acceptors (Lipinski definition) is 9. The Kier molecular flexibility index (Phi) is 19.6. The number of rotatable bonds is 12. The molecule has 0 aliphatic heterocycles. The van der Waals surface area contributed by atoms with E-state index in [1.165, 1.54) is 72.8 Å². The van der Waals surface area contributed by atoms with Crippen LogP contribution in [0.25, 0.3) is 0 Å². The van der Waals surface area contributed by atoms with Crippen LogP contribution in [-0.2, 0) is 28.8 Å². The Morgan fingerprint density at radius 3 is 0.655 bits per heavy atom. The first-order chi connectivity index (χ1) is 24.7. The molecule has 19 heteroatoms.